The zero-order valence-corrected chi connectivity index (χ0v) is 21.0. The lowest BCUT2D eigenvalue weighted by Crippen LogP contribution is -2.48. The van der Waals surface area contributed by atoms with Crippen molar-refractivity contribution >= 4 is 17.4 Å². The first-order valence-corrected chi connectivity index (χ1v) is 12.4. The van der Waals surface area contributed by atoms with Crippen LogP contribution in [0.15, 0.2) is 23.0 Å². The Balaban J connectivity index is 1.68. The van der Waals surface area contributed by atoms with Gasteiger partial charge in [-0.15, -0.1) is 0 Å². The number of hydrogen-bond donors (Lipinski definition) is 2. The number of aryl methyl sites for hydroxylation is 1. The number of aromatic nitrogens is 2. The molecule has 0 spiro atoms. The van der Waals surface area contributed by atoms with E-state index in [1.165, 1.54) is 17.6 Å². The first kappa shape index (κ1) is 26.3. The van der Waals surface area contributed by atoms with Gasteiger partial charge < -0.3 is 19.5 Å². The van der Waals surface area contributed by atoms with Crippen LogP contribution in [-0.4, -0.2) is 56.8 Å². The molecule has 11 heteroatoms. The number of halogens is 3. The molecule has 0 saturated carbocycles. The monoisotopic (exact) mass is 531 g/mol. The number of fused-ring (bicyclic) bond motifs is 4. The normalized spacial score (nSPS) is 19.3. The molecule has 4 heterocycles. The number of hydrogen-bond acceptors (Lipinski definition) is 7. The summed E-state index contributed by atoms with van der Waals surface area (Å²) < 4.78 is 49.4. The number of likely N-dealkylation sites (tertiary alicyclic amines) is 1. The molecular weight excluding hydrogens is 503 g/mol. The standard InChI is InChI=1S/C27H28F3N3O5/c1-14-5-18-19(9-32-4-3-27(29,30)16(8-32)11-34)20-10-33-24(25(20)31-23(18)7-22(14)28)6-17(15(2)36)21(26(33)37)12-38-13-35/h5-7,13,15-16,34,36H,3-4,8-12H2,1-2H3. The van der Waals surface area contributed by atoms with Crippen molar-refractivity contribution in [2.75, 3.05) is 19.7 Å². The zero-order chi connectivity index (χ0) is 27.4. The first-order valence-electron chi connectivity index (χ1n) is 12.4. The van der Waals surface area contributed by atoms with Crippen molar-refractivity contribution in [3.8, 4) is 11.4 Å². The number of ether oxygens (including phenoxy) is 1. The molecule has 0 bridgehead atoms. The fourth-order valence-corrected chi connectivity index (χ4v) is 5.52. The number of alkyl halides is 2. The zero-order valence-electron chi connectivity index (χ0n) is 21.0. The molecule has 2 unspecified atom stereocenters. The summed E-state index contributed by atoms with van der Waals surface area (Å²) in [6, 6.07) is 4.61. The van der Waals surface area contributed by atoms with Crippen LogP contribution in [0.4, 0.5) is 13.2 Å². The summed E-state index contributed by atoms with van der Waals surface area (Å²) in [7, 11) is 0. The number of carbonyl (C=O) groups is 1. The van der Waals surface area contributed by atoms with E-state index in [0.717, 1.165) is 5.56 Å². The van der Waals surface area contributed by atoms with Crippen LogP contribution in [-0.2, 0) is 29.2 Å². The highest BCUT2D eigenvalue weighted by atomic mass is 19.3. The molecule has 0 amide bonds. The average molecular weight is 532 g/mol. The van der Waals surface area contributed by atoms with Crippen molar-refractivity contribution in [3.63, 3.8) is 0 Å². The van der Waals surface area contributed by atoms with E-state index in [0.29, 0.717) is 39.0 Å². The molecule has 1 saturated heterocycles. The molecule has 1 aromatic carbocycles. The van der Waals surface area contributed by atoms with Crippen molar-refractivity contribution in [1.29, 1.82) is 0 Å². The number of benzene rings is 1. The second-order valence-electron chi connectivity index (χ2n) is 10.1. The summed E-state index contributed by atoms with van der Waals surface area (Å²) in [6.07, 6.45) is -1.43. The summed E-state index contributed by atoms with van der Waals surface area (Å²) in [4.78, 5) is 30.8. The van der Waals surface area contributed by atoms with Crippen LogP contribution >= 0.6 is 0 Å². The van der Waals surface area contributed by atoms with Gasteiger partial charge in [-0.3, -0.25) is 14.5 Å². The van der Waals surface area contributed by atoms with Gasteiger partial charge in [-0.25, -0.2) is 18.2 Å². The molecule has 2 N–H and O–H groups in total. The number of aliphatic hydroxyl groups excluding tert-OH is 2. The lowest BCUT2D eigenvalue weighted by molar-refractivity contribution is -0.129. The average Bonchev–Trinajstić information content (AvgIpc) is 3.23. The van der Waals surface area contributed by atoms with Crippen LogP contribution in [0.2, 0.25) is 0 Å². The third kappa shape index (κ3) is 4.38. The number of piperidine rings is 1. The third-order valence-electron chi connectivity index (χ3n) is 7.66. The Morgan fingerprint density at radius 1 is 1.29 bits per heavy atom. The summed E-state index contributed by atoms with van der Waals surface area (Å²) in [6.45, 7) is 2.85. The minimum absolute atomic E-state index is 0.0193. The highest BCUT2D eigenvalue weighted by molar-refractivity contribution is 5.88. The van der Waals surface area contributed by atoms with E-state index >= 15 is 0 Å². The maximum absolute atomic E-state index is 14.6. The van der Waals surface area contributed by atoms with E-state index in [4.69, 9.17) is 9.72 Å². The number of carbonyl (C=O) groups excluding carboxylic acids is 1. The number of nitrogens with zero attached hydrogens (tertiary/aromatic N) is 3. The summed E-state index contributed by atoms with van der Waals surface area (Å²) in [5.41, 5.74) is 3.04. The van der Waals surface area contributed by atoms with Gasteiger partial charge in [0.15, 0.2) is 0 Å². The van der Waals surface area contributed by atoms with Gasteiger partial charge in [0, 0.05) is 43.1 Å². The van der Waals surface area contributed by atoms with Gasteiger partial charge in [0.1, 0.15) is 12.4 Å². The predicted molar refractivity (Wildman–Crippen MR) is 132 cm³/mol. The van der Waals surface area contributed by atoms with E-state index < -0.39 is 42.3 Å². The van der Waals surface area contributed by atoms with Gasteiger partial charge in [0.2, 0.25) is 0 Å². The minimum atomic E-state index is -2.96. The Kier molecular flexibility index (Phi) is 6.79. The lowest BCUT2D eigenvalue weighted by Gasteiger charge is -2.38. The Morgan fingerprint density at radius 3 is 2.74 bits per heavy atom. The maximum Gasteiger partial charge on any atom is 0.293 e. The fourth-order valence-electron chi connectivity index (χ4n) is 5.52. The van der Waals surface area contributed by atoms with Gasteiger partial charge in [-0.05, 0) is 42.7 Å². The van der Waals surface area contributed by atoms with Crippen molar-refractivity contribution in [2.24, 2.45) is 5.92 Å². The highest BCUT2D eigenvalue weighted by Gasteiger charge is 2.43. The van der Waals surface area contributed by atoms with Crippen molar-refractivity contribution in [1.82, 2.24) is 14.5 Å². The molecule has 3 aromatic rings. The molecule has 5 rings (SSSR count). The van der Waals surface area contributed by atoms with Gasteiger partial charge >= 0.3 is 0 Å². The van der Waals surface area contributed by atoms with Crippen LogP contribution in [0, 0.1) is 18.7 Å². The third-order valence-corrected chi connectivity index (χ3v) is 7.66. The molecular formula is C27H28F3N3O5. The quantitative estimate of drug-likeness (QED) is 0.353. The molecule has 2 atom stereocenters. The molecule has 0 radical (unpaired) electrons. The first-order chi connectivity index (χ1) is 18.1. The van der Waals surface area contributed by atoms with Crippen LogP contribution in [0.5, 0.6) is 0 Å². The number of pyridine rings is 2. The van der Waals surface area contributed by atoms with Crippen molar-refractivity contribution < 1.29 is 32.9 Å². The Bertz CT molecular complexity index is 1490. The summed E-state index contributed by atoms with van der Waals surface area (Å²) in [5.74, 6) is -4.62. The summed E-state index contributed by atoms with van der Waals surface area (Å²) >= 11 is 0. The van der Waals surface area contributed by atoms with E-state index in [9.17, 15) is 33.0 Å². The lowest BCUT2D eigenvalue weighted by atomic mass is 9.92. The number of aliphatic hydroxyl groups is 2. The molecule has 8 nitrogen and oxygen atoms in total. The molecule has 202 valence electrons. The largest absolute Gasteiger partial charge is 0.463 e. The molecule has 2 aliphatic heterocycles. The Morgan fingerprint density at radius 2 is 2.05 bits per heavy atom. The molecule has 0 aliphatic carbocycles. The van der Waals surface area contributed by atoms with Crippen LogP contribution in [0.25, 0.3) is 22.3 Å². The molecule has 38 heavy (non-hydrogen) atoms. The second kappa shape index (κ2) is 9.79. The molecule has 2 aromatic heterocycles. The number of rotatable bonds is 7. The van der Waals surface area contributed by atoms with Crippen LogP contribution < -0.4 is 5.56 Å². The summed E-state index contributed by atoms with van der Waals surface area (Å²) in [5, 5.41) is 20.6. The van der Waals surface area contributed by atoms with Crippen molar-refractivity contribution in [2.45, 2.75) is 52.0 Å². The van der Waals surface area contributed by atoms with Gasteiger partial charge in [0.05, 0.1) is 47.6 Å². The molecule has 1 fully saturated rings. The van der Waals surface area contributed by atoms with Gasteiger partial charge in [-0.1, -0.05) is 0 Å². The SMILES string of the molecule is Cc1cc2c(CN3CCC(F)(F)C(CO)C3)c3c(nc2cc1F)-c1cc(C(C)O)c(COC=O)c(=O)n1C3. The second-order valence-corrected chi connectivity index (χ2v) is 10.1. The highest BCUT2D eigenvalue weighted by Crippen LogP contribution is 2.39. The smallest absolute Gasteiger partial charge is 0.293 e. The Hall–Kier alpha value is -3.28. The van der Waals surface area contributed by atoms with E-state index in [-0.39, 0.29) is 44.8 Å². The molecule has 2 aliphatic rings. The minimum Gasteiger partial charge on any atom is -0.463 e. The predicted octanol–water partition coefficient (Wildman–Crippen LogP) is 3.05. The van der Waals surface area contributed by atoms with E-state index in [1.807, 2.05) is 4.90 Å². The van der Waals surface area contributed by atoms with Crippen LogP contribution in [0.3, 0.4) is 0 Å². The van der Waals surface area contributed by atoms with E-state index in [2.05, 4.69) is 0 Å². The van der Waals surface area contributed by atoms with Gasteiger partial charge in [-0.2, -0.15) is 0 Å². The van der Waals surface area contributed by atoms with Gasteiger partial charge in [0.25, 0.3) is 18.0 Å². The fraction of sp³-hybridized carbons (Fsp3) is 0.444. The topological polar surface area (TPSA) is 105 Å². The van der Waals surface area contributed by atoms with E-state index in [1.54, 1.807) is 19.1 Å². The van der Waals surface area contributed by atoms with Crippen molar-refractivity contribution in [3.05, 3.63) is 62.2 Å². The van der Waals surface area contributed by atoms with Crippen LogP contribution in [0.1, 0.15) is 47.3 Å². The Labute approximate surface area is 216 Å². The maximum atomic E-state index is 14.6.